The highest BCUT2D eigenvalue weighted by Crippen LogP contribution is 2.40. The van der Waals surface area contributed by atoms with Crippen molar-refractivity contribution in [1.82, 2.24) is 0 Å². The Morgan fingerprint density at radius 1 is 0.433 bits per heavy atom. The van der Waals surface area contributed by atoms with Crippen molar-refractivity contribution < 1.29 is 0 Å². The molecule has 0 heteroatoms. The van der Waals surface area contributed by atoms with E-state index in [9.17, 15) is 0 Å². The van der Waals surface area contributed by atoms with Gasteiger partial charge in [0, 0.05) is 0 Å². The predicted molar refractivity (Wildman–Crippen MR) is 126 cm³/mol. The van der Waals surface area contributed by atoms with Gasteiger partial charge in [0.25, 0.3) is 0 Å². The van der Waals surface area contributed by atoms with E-state index in [4.69, 9.17) is 0 Å². The summed E-state index contributed by atoms with van der Waals surface area (Å²) in [7, 11) is 0. The minimum atomic E-state index is 1.10. The van der Waals surface area contributed by atoms with Crippen LogP contribution < -0.4 is 0 Å². The summed E-state index contributed by atoms with van der Waals surface area (Å²) in [5.41, 5.74) is 15.0. The largest absolute Gasteiger partial charge is 0.0619 e. The van der Waals surface area contributed by atoms with E-state index in [-0.39, 0.29) is 0 Å². The van der Waals surface area contributed by atoms with Gasteiger partial charge in [0.2, 0.25) is 0 Å². The number of unbranched alkanes of at least 4 members (excludes halogenated alkanes) is 1. The van der Waals surface area contributed by atoms with Crippen molar-refractivity contribution in [3.05, 3.63) is 118 Å². The Kier molecular flexibility index (Phi) is 4.30. The molecule has 0 atom stereocenters. The Morgan fingerprint density at radius 3 is 1.37 bits per heavy atom. The SMILES string of the molecule is c1ccc2c(c1)Cc1c(CCCCc3cccc4c3Cc3ccccc3-4)cccc1-2. The topological polar surface area (TPSA) is 0 Å². The van der Waals surface area contributed by atoms with Gasteiger partial charge in [0.1, 0.15) is 0 Å². The van der Waals surface area contributed by atoms with Gasteiger partial charge in [-0.3, -0.25) is 0 Å². The van der Waals surface area contributed by atoms with Crippen LogP contribution in [-0.4, -0.2) is 0 Å². The first-order valence-corrected chi connectivity index (χ1v) is 11.3. The fourth-order valence-corrected chi connectivity index (χ4v) is 5.55. The van der Waals surface area contributed by atoms with Crippen molar-refractivity contribution in [2.24, 2.45) is 0 Å². The van der Waals surface area contributed by atoms with Gasteiger partial charge in [-0.25, -0.2) is 0 Å². The summed E-state index contributed by atoms with van der Waals surface area (Å²) in [6.45, 7) is 0. The zero-order valence-corrected chi connectivity index (χ0v) is 17.3. The van der Waals surface area contributed by atoms with Crippen LogP contribution in [0.25, 0.3) is 22.3 Å². The normalized spacial score (nSPS) is 12.9. The van der Waals surface area contributed by atoms with Gasteiger partial charge in [-0.05, 0) is 94.2 Å². The quantitative estimate of drug-likeness (QED) is 0.271. The van der Waals surface area contributed by atoms with Crippen molar-refractivity contribution in [2.45, 2.75) is 38.5 Å². The van der Waals surface area contributed by atoms with Crippen LogP contribution in [0.1, 0.15) is 46.2 Å². The first kappa shape index (κ1) is 17.7. The lowest BCUT2D eigenvalue weighted by molar-refractivity contribution is 0.728. The lowest BCUT2D eigenvalue weighted by Gasteiger charge is -2.11. The molecular weight excluding hydrogens is 360 g/mol. The first-order chi connectivity index (χ1) is 14.9. The van der Waals surface area contributed by atoms with Crippen molar-refractivity contribution in [3.8, 4) is 22.3 Å². The highest BCUT2D eigenvalue weighted by molar-refractivity contribution is 5.78. The highest BCUT2D eigenvalue weighted by Gasteiger charge is 2.21. The van der Waals surface area contributed by atoms with E-state index in [1.165, 1.54) is 59.1 Å². The van der Waals surface area contributed by atoms with E-state index < -0.39 is 0 Å². The zero-order valence-electron chi connectivity index (χ0n) is 17.3. The average Bonchev–Trinajstić information content (AvgIpc) is 3.36. The molecule has 0 heterocycles. The molecule has 0 aliphatic heterocycles. The second kappa shape index (κ2) is 7.29. The molecule has 6 rings (SSSR count). The van der Waals surface area contributed by atoms with Crippen LogP contribution in [0.4, 0.5) is 0 Å². The summed E-state index contributed by atoms with van der Waals surface area (Å²) in [6.07, 6.45) is 7.09. The zero-order chi connectivity index (χ0) is 19.9. The molecule has 0 nitrogen and oxygen atoms in total. The third-order valence-electron chi connectivity index (χ3n) is 7.04. The van der Waals surface area contributed by atoms with E-state index in [2.05, 4.69) is 84.9 Å². The summed E-state index contributed by atoms with van der Waals surface area (Å²) < 4.78 is 0. The summed E-state index contributed by atoms with van der Waals surface area (Å²) in [6, 6.07) is 31.6. The van der Waals surface area contributed by atoms with Gasteiger partial charge in [0.05, 0.1) is 0 Å². The molecule has 0 fully saturated rings. The number of fused-ring (bicyclic) bond motifs is 6. The van der Waals surface area contributed by atoms with Crippen LogP contribution in [0.5, 0.6) is 0 Å². The minimum absolute atomic E-state index is 1.10. The third-order valence-corrected chi connectivity index (χ3v) is 7.04. The van der Waals surface area contributed by atoms with Crippen LogP contribution in [0.2, 0.25) is 0 Å². The lowest BCUT2D eigenvalue weighted by Crippen LogP contribution is -1.96. The molecule has 30 heavy (non-hydrogen) atoms. The van der Waals surface area contributed by atoms with Gasteiger partial charge >= 0.3 is 0 Å². The van der Waals surface area contributed by atoms with E-state index in [0.29, 0.717) is 0 Å². The number of benzene rings is 4. The summed E-state index contributed by atoms with van der Waals surface area (Å²) >= 11 is 0. The number of hydrogen-bond donors (Lipinski definition) is 0. The van der Waals surface area contributed by atoms with E-state index in [1.807, 2.05) is 0 Å². The predicted octanol–water partition coefficient (Wildman–Crippen LogP) is 7.39. The van der Waals surface area contributed by atoms with Gasteiger partial charge in [-0.1, -0.05) is 84.9 Å². The molecule has 0 bridgehead atoms. The van der Waals surface area contributed by atoms with E-state index in [1.54, 1.807) is 22.3 Å². The molecule has 0 saturated carbocycles. The summed E-state index contributed by atoms with van der Waals surface area (Å²) in [5, 5.41) is 0. The number of aryl methyl sites for hydroxylation is 2. The van der Waals surface area contributed by atoms with Gasteiger partial charge in [-0.2, -0.15) is 0 Å². The van der Waals surface area contributed by atoms with E-state index >= 15 is 0 Å². The molecule has 0 radical (unpaired) electrons. The smallest absolute Gasteiger partial charge is 0.00107 e. The average molecular weight is 387 g/mol. The maximum Gasteiger partial charge on any atom is -0.00107 e. The fourth-order valence-electron chi connectivity index (χ4n) is 5.55. The van der Waals surface area contributed by atoms with Gasteiger partial charge < -0.3 is 0 Å². The van der Waals surface area contributed by atoms with Crippen molar-refractivity contribution in [1.29, 1.82) is 0 Å². The van der Waals surface area contributed by atoms with Crippen LogP contribution in [0.3, 0.4) is 0 Å². The standard InChI is InChI=1S/C30H26/c1(9-21-13-7-17-27-25-15-5-3-11-23(25)19-29(21)27)2-10-22-14-8-18-28-26-16-6-4-12-24(26)20-30(22)28/h3-8,11-18H,1-2,9-10,19-20H2. The molecule has 2 aliphatic carbocycles. The Balaban J connectivity index is 1.15. The Morgan fingerprint density at radius 2 is 0.867 bits per heavy atom. The monoisotopic (exact) mass is 386 g/mol. The maximum atomic E-state index is 2.35. The van der Waals surface area contributed by atoms with Gasteiger partial charge in [0.15, 0.2) is 0 Å². The Hall–Kier alpha value is -3.12. The molecule has 2 aliphatic rings. The second-order valence-corrected chi connectivity index (χ2v) is 8.76. The van der Waals surface area contributed by atoms with E-state index in [0.717, 1.165) is 12.8 Å². The van der Waals surface area contributed by atoms with Crippen LogP contribution in [-0.2, 0) is 25.7 Å². The Labute approximate surface area is 179 Å². The van der Waals surface area contributed by atoms with Crippen LogP contribution in [0, 0.1) is 0 Å². The number of hydrogen-bond acceptors (Lipinski definition) is 0. The van der Waals surface area contributed by atoms with Crippen LogP contribution in [0.15, 0.2) is 84.9 Å². The third kappa shape index (κ3) is 2.91. The fraction of sp³-hybridized carbons (Fsp3) is 0.200. The molecule has 0 saturated heterocycles. The van der Waals surface area contributed by atoms with Gasteiger partial charge in [-0.15, -0.1) is 0 Å². The molecule has 0 aromatic heterocycles. The molecule has 0 unspecified atom stereocenters. The first-order valence-electron chi connectivity index (χ1n) is 11.3. The highest BCUT2D eigenvalue weighted by atomic mass is 14.3. The van der Waals surface area contributed by atoms with Crippen molar-refractivity contribution in [3.63, 3.8) is 0 Å². The molecule has 0 N–H and O–H groups in total. The molecule has 0 spiro atoms. The van der Waals surface area contributed by atoms with Crippen molar-refractivity contribution >= 4 is 0 Å². The molecular formula is C30H26. The van der Waals surface area contributed by atoms with Crippen LogP contribution >= 0.6 is 0 Å². The second-order valence-electron chi connectivity index (χ2n) is 8.76. The molecule has 4 aromatic rings. The number of rotatable bonds is 5. The van der Waals surface area contributed by atoms with Crippen molar-refractivity contribution in [2.75, 3.05) is 0 Å². The summed E-state index contributed by atoms with van der Waals surface area (Å²) in [4.78, 5) is 0. The summed E-state index contributed by atoms with van der Waals surface area (Å²) in [5.74, 6) is 0. The maximum absolute atomic E-state index is 2.35. The Bertz CT molecular complexity index is 1150. The molecule has 4 aromatic carbocycles. The lowest BCUT2D eigenvalue weighted by atomic mass is 9.94. The molecule has 0 amide bonds. The minimum Gasteiger partial charge on any atom is -0.0619 e. The molecule has 146 valence electrons.